The lowest BCUT2D eigenvalue weighted by atomic mass is 9.85. The van der Waals surface area contributed by atoms with E-state index in [0.29, 0.717) is 23.2 Å². The van der Waals surface area contributed by atoms with Gasteiger partial charge in [-0.2, -0.15) is 5.10 Å². The van der Waals surface area contributed by atoms with Crippen LogP contribution < -0.4 is 5.01 Å². The van der Waals surface area contributed by atoms with Gasteiger partial charge in [0.2, 0.25) is 0 Å². The van der Waals surface area contributed by atoms with Crippen LogP contribution in [0, 0.1) is 11.8 Å². The maximum atomic E-state index is 13.0. The first-order valence-corrected chi connectivity index (χ1v) is 9.65. The largest absolute Gasteiger partial charge is 0.480 e. The van der Waals surface area contributed by atoms with E-state index in [9.17, 15) is 14.7 Å². The number of anilines is 1. The van der Waals surface area contributed by atoms with Gasteiger partial charge < -0.3 is 14.7 Å². The second-order valence-corrected chi connectivity index (χ2v) is 7.53. The van der Waals surface area contributed by atoms with Crippen LogP contribution in [0.25, 0.3) is 0 Å². The predicted octanol–water partition coefficient (Wildman–Crippen LogP) is 1.98. The Morgan fingerprint density at radius 3 is 2.52 bits per heavy atom. The van der Waals surface area contributed by atoms with Gasteiger partial charge in [-0.05, 0) is 43.2 Å². The summed E-state index contributed by atoms with van der Waals surface area (Å²) in [6.07, 6.45) is 3.28. The molecule has 0 saturated carbocycles. The summed E-state index contributed by atoms with van der Waals surface area (Å²) in [6.45, 7) is 3.09. The van der Waals surface area contributed by atoms with Crippen LogP contribution in [-0.2, 0) is 14.3 Å². The van der Waals surface area contributed by atoms with E-state index in [2.05, 4.69) is 5.10 Å². The summed E-state index contributed by atoms with van der Waals surface area (Å²) in [5.74, 6) is 0.0520. The normalized spacial score (nSPS) is 26.3. The summed E-state index contributed by atoms with van der Waals surface area (Å²) in [5.41, 5.74) is 1.04. The molecule has 2 atom stereocenters. The fourth-order valence-corrected chi connectivity index (χ4v) is 4.38. The number of ether oxygens (including phenoxy) is 1. The third-order valence-corrected chi connectivity index (χ3v) is 5.91. The fraction of sp³-hybridized carbons (Fsp3) is 0.550. The number of hydrogen-bond donors (Lipinski definition) is 1. The van der Waals surface area contributed by atoms with Gasteiger partial charge in [0.05, 0.1) is 5.69 Å². The number of likely N-dealkylation sites (tertiary alicyclic amines) is 1. The number of carboxylic acids is 1. The van der Waals surface area contributed by atoms with Gasteiger partial charge in [0, 0.05) is 32.7 Å². The van der Waals surface area contributed by atoms with Gasteiger partial charge in [0.15, 0.2) is 6.04 Å². The lowest BCUT2D eigenvalue weighted by Crippen LogP contribution is -2.37. The quantitative estimate of drug-likeness (QED) is 0.875. The molecule has 1 aromatic carbocycles. The minimum absolute atomic E-state index is 0.116. The molecule has 1 aromatic rings. The molecular formula is C20H25N3O4. The lowest BCUT2D eigenvalue weighted by molar-refractivity contribution is -0.138. The van der Waals surface area contributed by atoms with E-state index >= 15 is 0 Å². The van der Waals surface area contributed by atoms with Crippen LogP contribution >= 0.6 is 0 Å². The number of carbonyl (C=O) groups is 2. The van der Waals surface area contributed by atoms with E-state index in [1.165, 1.54) is 5.01 Å². The Morgan fingerprint density at radius 2 is 1.81 bits per heavy atom. The molecule has 0 aromatic heterocycles. The van der Waals surface area contributed by atoms with Crippen LogP contribution in [-0.4, -0.2) is 59.9 Å². The van der Waals surface area contributed by atoms with Crippen molar-refractivity contribution in [1.82, 2.24) is 4.90 Å². The van der Waals surface area contributed by atoms with Gasteiger partial charge in [-0.1, -0.05) is 18.2 Å². The standard InChI is InChI=1S/C20H25N3O4/c24-19(22-9-6-15(13-22)14-7-10-27-11-8-14)17-12-18(20(25)26)23(21-17)16-4-2-1-3-5-16/h1-5,14-15,18H,6-13H2,(H,25,26). The van der Waals surface area contributed by atoms with E-state index in [1.807, 2.05) is 35.2 Å². The Bertz CT molecular complexity index is 730. The first-order valence-electron chi connectivity index (χ1n) is 9.65. The molecule has 2 unspecified atom stereocenters. The van der Waals surface area contributed by atoms with Gasteiger partial charge in [-0.3, -0.25) is 9.80 Å². The molecule has 3 heterocycles. The summed E-state index contributed by atoms with van der Waals surface area (Å²) in [7, 11) is 0. The van der Waals surface area contributed by atoms with E-state index < -0.39 is 12.0 Å². The lowest BCUT2D eigenvalue weighted by Gasteiger charge is -2.27. The van der Waals surface area contributed by atoms with Crippen molar-refractivity contribution in [1.29, 1.82) is 0 Å². The molecule has 4 rings (SSSR count). The molecule has 3 aliphatic heterocycles. The number of carboxylic acid groups (broad SMARTS) is 1. The first-order chi connectivity index (χ1) is 13.1. The average Bonchev–Trinajstić information content (AvgIpc) is 3.37. The zero-order chi connectivity index (χ0) is 18.8. The van der Waals surface area contributed by atoms with Crippen LogP contribution in [0.3, 0.4) is 0 Å². The monoisotopic (exact) mass is 371 g/mol. The van der Waals surface area contributed by atoms with E-state index in [4.69, 9.17) is 4.74 Å². The highest BCUT2D eigenvalue weighted by Gasteiger charge is 2.40. The molecule has 0 spiro atoms. The number of carbonyl (C=O) groups excluding carboxylic acids is 1. The fourth-order valence-electron chi connectivity index (χ4n) is 4.38. The molecule has 144 valence electrons. The molecule has 0 radical (unpaired) electrons. The molecular weight excluding hydrogens is 346 g/mol. The molecule has 7 heteroatoms. The SMILES string of the molecule is O=C(O)C1CC(C(=O)N2CCC(C3CCOCC3)C2)=NN1c1ccccc1. The van der Waals surface area contributed by atoms with Crippen molar-refractivity contribution in [2.45, 2.75) is 31.7 Å². The summed E-state index contributed by atoms with van der Waals surface area (Å²) in [6, 6.07) is 8.32. The summed E-state index contributed by atoms with van der Waals surface area (Å²) < 4.78 is 5.44. The van der Waals surface area contributed by atoms with Crippen molar-refractivity contribution in [2.75, 3.05) is 31.3 Å². The molecule has 2 fully saturated rings. The minimum Gasteiger partial charge on any atom is -0.480 e. The van der Waals surface area contributed by atoms with Crippen molar-refractivity contribution in [2.24, 2.45) is 16.9 Å². The van der Waals surface area contributed by atoms with Crippen LogP contribution in [0.5, 0.6) is 0 Å². The molecule has 3 aliphatic rings. The van der Waals surface area contributed by atoms with Gasteiger partial charge in [-0.15, -0.1) is 0 Å². The van der Waals surface area contributed by atoms with E-state index in [1.54, 1.807) is 0 Å². The minimum atomic E-state index is -0.966. The topological polar surface area (TPSA) is 82.4 Å². The Balaban J connectivity index is 1.46. The van der Waals surface area contributed by atoms with Gasteiger partial charge in [-0.25, -0.2) is 4.79 Å². The van der Waals surface area contributed by atoms with Crippen molar-refractivity contribution < 1.29 is 19.4 Å². The zero-order valence-electron chi connectivity index (χ0n) is 15.3. The molecule has 0 bridgehead atoms. The Morgan fingerprint density at radius 1 is 1.07 bits per heavy atom. The molecule has 7 nitrogen and oxygen atoms in total. The first kappa shape index (κ1) is 18.0. The third kappa shape index (κ3) is 3.69. The van der Waals surface area contributed by atoms with E-state index in [-0.39, 0.29) is 12.3 Å². The van der Waals surface area contributed by atoms with Crippen molar-refractivity contribution >= 4 is 23.3 Å². The summed E-state index contributed by atoms with van der Waals surface area (Å²) in [4.78, 5) is 26.5. The molecule has 2 saturated heterocycles. The highest BCUT2D eigenvalue weighted by molar-refractivity contribution is 6.40. The maximum Gasteiger partial charge on any atom is 0.328 e. The number of aliphatic carboxylic acids is 1. The van der Waals surface area contributed by atoms with Gasteiger partial charge in [0.1, 0.15) is 5.71 Å². The summed E-state index contributed by atoms with van der Waals surface area (Å²) >= 11 is 0. The van der Waals surface area contributed by atoms with Gasteiger partial charge >= 0.3 is 5.97 Å². The number of hydrazone groups is 1. The smallest absolute Gasteiger partial charge is 0.328 e. The Labute approximate surface area is 158 Å². The number of amides is 1. The Hall–Kier alpha value is -2.41. The average molecular weight is 371 g/mol. The van der Waals surface area contributed by atoms with Crippen molar-refractivity contribution in [3.63, 3.8) is 0 Å². The number of benzene rings is 1. The van der Waals surface area contributed by atoms with Gasteiger partial charge in [0.25, 0.3) is 5.91 Å². The van der Waals surface area contributed by atoms with Crippen molar-refractivity contribution in [3.05, 3.63) is 30.3 Å². The highest BCUT2D eigenvalue weighted by Crippen LogP contribution is 2.32. The molecule has 1 N–H and O–H groups in total. The molecule has 1 amide bonds. The predicted molar refractivity (Wildman–Crippen MR) is 101 cm³/mol. The third-order valence-electron chi connectivity index (χ3n) is 5.91. The number of nitrogens with zero attached hydrogens (tertiary/aromatic N) is 3. The van der Waals surface area contributed by atoms with Crippen LogP contribution in [0.1, 0.15) is 25.7 Å². The number of hydrogen-bond acceptors (Lipinski definition) is 5. The van der Waals surface area contributed by atoms with Crippen molar-refractivity contribution in [3.8, 4) is 0 Å². The second kappa shape index (κ2) is 7.68. The number of para-hydroxylation sites is 1. The van der Waals surface area contributed by atoms with Crippen LogP contribution in [0.4, 0.5) is 5.69 Å². The van der Waals surface area contributed by atoms with Crippen LogP contribution in [0.15, 0.2) is 35.4 Å². The molecule has 27 heavy (non-hydrogen) atoms. The second-order valence-electron chi connectivity index (χ2n) is 7.53. The maximum absolute atomic E-state index is 13.0. The Kier molecular flexibility index (Phi) is 5.11. The van der Waals surface area contributed by atoms with E-state index in [0.717, 1.165) is 45.6 Å². The highest BCUT2D eigenvalue weighted by atomic mass is 16.5. The van der Waals surface area contributed by atoms with Crippen LogP contribution in [0.2, 0.25) is 0 Å². The number of rotatable bonds is 4. The molecule has 0 aliphatic carbocycles. The summed E-state index contributed by atoms with van der Waals surface area (Å²) in [5, 5.41) is 15.4. The zero-order valence-corrected chi connectivity index (χ0v) is 15.3.